The van der Waals surface area contributed by atoms with Crippen LogP contribution in [0.2, 0.25) is 0 Å². The second kappa shape index (κ2) is 7.49. The number of benzene rings is 1. The van der Waals surface area contributed by atoms with E-state index in [0.717, 1.165) is 5.56 Å². The molecule has 1 aromatic carbocycles. The smallest absolute Gasteiger partial charge is 0.326 e. The van der Waals surface area contributed by atoms with Gasteiger partial charge in [0.2, 0.25) is 0 Å². The van der Waals surface area contributed by atoms with Gasteiger partial charge >= 0.3 is 18.0 Å². The van der Waals surface area contributed by atoms with Gasteiger partial charge in [0, 0.05) is 5.69 Å². The Morgan fingerprint density at radius 3 is 2.29 bits per heavy atom. The van der Waals surface area contributed by atoms with Crippen LogP contribution in [0.25, 0.3) is 0 Å². The Balaban J connectivity index is 2.61. The number of nitrogens with zero attached hydrogens (tertiary/aromatic N) is 1. The molecule has 21 heavy (non-hydrogen) atoms. The summed E-state index contributed by atoms with van der Waals surface area (Å²) in [5.41, 5.74) is 1.17. The molecule has 4 N–H and O–H groups in total. The van der Waals surface area contributed by atoms with Crippen LogP contribution in [0.1, 0.15) is 12.0 Å². The van der Waals surface area contributed by atoms with E-state index in [0.29, 0.717) is 5.69 Å². The van der Waals surface area contributed by atoms with E-state index in [1.54, 1.807) is 24.3 Å². The third-order valence-corrected chi connectivity index (χ3v) is 2.48. The summed E-state index contributed by atoms with van der Waals surface area (Å²) in [7, 11) is 0. The van der Waals surface area contributed by atoms with Crippen LogP contribution in [-0.4, -0.2) is 34.2 Å². The molecule has 0 aromatic heterocycles. The second-order valence-electron chi connectivity index (χ2n) is 4.12. The quantitative estimate of drug-likeness (QED) is 0.611. The summed E-state index contributed by atoms with van der Waals surface area (Å²) in [6.45, 7) is 0. The van der Waals surface area contributed by atoms with Gasteiger partial charge in [-0.2, -0.15) is 5.26 Å². The SMILES string of the molecule is N#CCc1ccc(NC(=O)NC(CC(=O)O)C(=O)O)cc1. The molecule has 0 heterocycles. The predicted molar refractivity (Wildman–Crippen MR) is 71.6 cm³/mol. The van der Waals surface area contributed by atoms with Gasteiger partial charge in [0.25, 0.3) is 0 Å². The van der Waals surface area contributed by atoms with E-state index in [9.17, 15) is 14.4 Å². The molecule has 0 spiro atoms. The monoisotopic (exact) mass is 291 g/mol. The van der Waals surface area contributed by atoms with Crippen LogP contribution in [0.15, 0.2) is 24.3 Å². The first-order valence-corrected chi connectivity index (χ1v) is 5.90. The number of hydrogen-bond acceptors (Lipinski definition) is 4. The number of nitrogens with one attached hydrogen (secondary N) is 2. The fourth-order valence-electron chi connectivity index (χ4n) is 1.50. The van der Waals surface area contributed by atoms with Gasteiger partial charge in [-0.15, -0.1) is 0 Å². The number of anilines is 1. The van der Waals surface area contributed by atoms with Crippen LogP contribution in [-0.2, 0) is 16.0 Å². The summed E-state index contributed by atoms with van der Waals surface area (Å²) in [5.74, 6) is -2.76. The van der Waals surface area contributed by atoms with Crippen molar-refractivity contribution < 1.29 is 24.6 Å². The van der Waals surface area contributed by atoms with Crippen molar-refractivity contribution >= 4 is 23.7 Å². The normalized spacial score (nSPS) is 11.0. The van der Waals surface area contributed by atoms with Gasteiger partial charge in [-0.3, -0.25) is 4.79 Å². The highest BCUT2D eigenvalue weighted by molar-refractivity contribution is 5.93. The van der Waals surface area contributed by atoms with Crippen LogP contribution >= 0.6 is 0 Å². The number of aliphatic carboxylic acids is 2. The van der Waals surface area contributed by atoms with Gasteiger partial charge in [0.15, 0.2) is 0 Å². The number of carboxylic acids is 2. The van der Waals surface area contributed by atoms with E-state index in [1.807, 2.05) is 6.07 Å². The van der Waals surface area contributed by atoms with Gasteiger partial charge < -0.3 is 20.8 Å². The van der Waals surface area contributed by atoms with Gasteiger partial charge in [0.05, 0.1) is 18.9 Å². The first-order valence-electron chi connectivity index (χ1n) is 5.90. The lowest BCUT2D eigenvalue weighted by atomic mass is 10.1. The summed E-state index contributed by atoms with van der Waals surface area (Å²) < 4.78 is 0. The van der Waals surface area contributed by atoms with Crippen LogP contribution in [0.3, 0.4) is 0 Å². The van der Waals surface area contributed by atoms with Crippen molar-refractivity contribution in [2.75, 3.05) is 5.32 Å². The van der Waals surface area contributed by atoms with E-state index in [4.69, 9.17) is 15.5 Å². The zero-order valence-electron chi connectivity index (χ0n) is 10.9. The van der Waals surface area contributed by atoms with Gasteiger partial charge in [-0.05, 0) is 17.7 Å². The molecule has 2 amide bonds. The van der Waals surface area contributed by atoms with E-state index >= 15 is 0 Å². The van der Waals surface area contributed by atoms with E-state index < -0.39 is 30.4 Å². The number of carboxylic acid groups (broad SMARTS) is 2. The fraction of sp³-hybridized carbons (Fsp3) is 0.231. The van der Waals surface area contributed by atoms with Crippen molar-refractivity contribution in [2.24, 2.45) is 0 Å². The molecule has 8 heteroatoms. The van der Waals surface area contributed by atoms with E-state index in [1.165, 1.54) is 0 Å². The number of carbonyl (C=O) groups excluding carboxylic acids is 1. The number of amides is 2. The highest BCUT2D eigenvalue weighted by Crippen LogP contribution is 2.09. The topological polar surface area (TPSA) is 140 Å². The summed E-state index contributed by atoms with van der Waals surface area (Å²) in [5, 5.41) is 30.3. The lowest BCUT2D eigenvalue weighted by Crippen LogP contribution is -2.44. The maximum atomic E-state index is 11.6. The molecule has 0 saturated heterocycles. The largest absolute Gasteiger partial charge is 0.481 e. The molecular weight excluding hydrogens is 278 g/mol. The average Bonchev–Trinajstić information content (AvgIpc) is 2.40. The third-order valence-electron chi connectivity index (χ3n) is 2.48. The summed E-state index contributed by atoms with van der Waals surface area (Å²) in [4.78, 5) is 32.9. The van der Waals surface area contributed by atoms with Crippen molar-refractivity contribution in [3.05, 3.63) is 29.8 Å². The Hall–Kier alpha value is -3.08. The summed E-state index contributed by atoms with van der Waals surface area (Å²) in [6, 6.07) is 6.04. The van der Waals surface area contributed by atoms with Gasteiger partial charge in [-0.25, -0.2) is 9.59 Å². The Morgan fingerprint density at radius 2 is 1.81 bits per heavy atom. The molecule has 110 valence electrons. The van der Waals surface area contributed by atoms with Crippen LogP contribution in [0.4, 0.5) is 10.5 Å². The maximum absolute atomic E-state index is 11.6. The number of carbonyl (C=O) groups is 3. The lowest BCUT2D eigenvalue weighted by Gasteiger charge is -2.13. The Morgan fingerprint density at radius 1 is 1.19 bits per heavy atom. The standard InChI is InChI=1S/C13H13N3O5/c14-6-5-8-1-3-9(4-2-8)15-13(21)16-10(12(19)20)7-11(17)18/h1-4,10H,5,7H2,(H,17,18)(H,19,20)(H2,15,16,21). The molecule has 0 aliphatic carbocycles. The number of nitriles is 1. The molecule has 1 aromatic rings. The molecule has 0 aliphatic heterocycles. The molecule has 0 radical (unpaired) electrons. The Bertz CT molecular complexity index is 576. The summed E-state index contributed by atoms with van der Waals surface area (Å²) >= 11 is 0. The highest BCUT2D eigenvalue weighted by Gasteiger charge is 2.22. The van der Waals surface area contributed by atoms with Crippen molar-refractivity contribution in [1.82, 2.24) is 5.32 Å². The average molecular weight is 291 g/mol. The minimum absolute atomic E-state index is 0.242. The van der Waals surface area contributed by atoms with Crippen molar-refractivity contribution in [3.63, 3.8) is 0 Å². The van der Waals surface area contributed by atoms with Crippen molar-refractivity contribution in [1.29, 1.82) is 5.26 Å². The Labute approximate surface area is 120 Å². The van der Waals surface area contributed by atoms with Gasteiger partial charge in [-0.1, -0.05) is 12.1 Å². The molecule has 8 nitrogen and oxygen atoms in total. The third kappa shape index (κ3) is 5.61. The number of rotatable bonds is 6. The molecule has 0 aliphatic rings. The molecular formula is C13H13N3O5. The second-order valence-corrected chi connectivity index (χ2v) is 4.12. The molecule has 0 fully saturated rings. The van der Waals surface area contributed by atoms with E-state index in [-0.39, 0.29) is 6.42 Å². The number of hydrogen-bond donors (Lipinski definition) is 4. The molecule has 1 atom stereocenters. The van der Waals surface area contributed by atoms with Crippen molar-refractivity contribution in [3.8, 4) is 6.07 Å². The zero-order chi connectivity index (χ0) is 15.8. The predicted octanol–water partition coefficient (Wildman–Crippen LogP) is 0.802. The molecule has 1 rings (SSSR count). The minimum Gasteiger partial charge on any atom is -0.481 e. The van der Waals surface area contributed by atoms with Gasteiger partial charge in [0.1, 0.15) is 6.04 Å². The molecule has 0 saturated carbocycles. The van der Waals surface area contributed by atoms with E-state index in [2.05, 4.69) is 10.6 Å². The first-order chi connectivity index (χ1) is 9.92. The Kier molecular flexibility index (Phi) is 5.70. The number of urea groups is 1. The van der Waals surface area contributed by atoms with Crippen LogP contribution in [0, 0.1) is 11.3 Å². The van der Waals surface area contributed by atoms with Crippen molar-refractivity contribution in [2.45, 2.75) is 18.9 Å². The van der Waals surface area contributed by atoms with Crippen LogP contribution in [0.5, 0.6) is 0 Å². The fourth-order valence-corrected chi connectivity index (χ4v) is 1.50. The summed E-state index contributed by atoms with van der Waals surface area (Å²) in [6.07, 6.45) is -0.476. The molecule has 1 unspecified atom stereocenters. The maximum Gasteiger partial charge on any atom is 0.326 e. The zero-order valence-corrected chi connectivity index (χ0v) is 10.9. The first kappa shape index (κ1) is 16.0. The van der Waals surface area contributed by atoms with Crippen LogP contribution < -0.4 is 10.6 Å². The minimum atomic E-state index is -1.51. The highest BCUT2D eigenvalue weighted by atomic mass is 16.4. The lowest BCUT2D eigenvalue weighted by molar-refractivity contribution is -0.145. The molecule has 0 bridgehead atoms.